The van der Waals surface area contributed by atoms with Crippen molar-refractivity contribution in [2.75, 3.05) is 5.32 Å². The number of carbonyl (C=O) groups excluding carboxylic acids is 1. The standard InChI is InChI=1S/C12H12BrIN4O/c1-8-10(14)7-18(17-8)5-4-12(19)16-11-3-2-9(13)6-15-11/h2-3,6-7H,4-5H2,1H3,(H,15,16,19). The van der Waals surface area contributed by atoms with Crippen LogP contribution in [0.15, 0.2) is 29.0 Å². The topological polar surface area (TPSA) is 59.8 Å². The van der Waals surface area contributed by atoms with Crippen molar-refractivity contribution < 1.29 is 4.79 Å². The van der Waals surface area contributed by atoms with E-state index in [1.165, 1.54) is 0 Å². The highest BCUT2D eigenvalue weighted by Gasteiger charge is 2.06. The Morgan fingerprint density at radius 3 is 2.89 bits per heavy atom. The van der Waals surface area contributed by atoms with Gasteiger partial charge in [-0.1, -0.05) is 0 Å². The first-order valence-corrected chi connectivity index (χ1v) is 7.53. The van der Waals surface area contributed by atoms with Crippen LogP contribution in [0.5, 0.6) is 0 Å². The third-order valence-electron chi connectivity index (χ3n) is 2.45. The second-order valence-corrected chi connectivity index (χ2v) is 6.06. The normalized spacial score (nSPS) is 10.5. The maximum Gasteiger partial charge on any atom is 0.227 e. The minimum absolute atomic E-state index is 0.0713. The fraction of sp³-hybridized carbons (Fsp3) is 0.250. The molecular formula is C12H12BrIN4O. The van der Waals surface area contributed by atoms with Crippen molar-refractivity contribution in [2.45, 2.75) is 19.9 Å². The molecule has 0 fully saturated rings. The zero-order chi connectivity index (χ0) is 13.8. The first-order valence-electron chi connectivity index (χ1n) is 5.65. The number of aromatic nitrogens is 3. The van der Waals surface area contributed by atoms with E-state index >= 15 is 0 Å². The summed E-state index contributed by atoms with van der Waals surface area (Å²) in [6.45, 7) is 2.51. The minimum atomic E-state index is -0.0713. The van der Waals surface area contributed by atoms with Crippen LogP contribution in [-0.2, 0) is 11.3 Å². The molecule has 0 aliphatic heterocycles. The lowest BCUT2D eigenvalue weighted by atomic mass is 10.4. The van der Waals surface area contributed by atoms with E-state index < -0.39 is 0 Å². The first-order chi connectivity index (χ1) is 9.04. The van der Waals surface area contributed by atoms with Gasteiger partial charge < -0.3 is 5.32 Å². The number of pyridine rings is 1. The Morgan fingerprint density at radius 2 is 2.32 bits per heavy atom. The number of halogens is 2. The molecule has 2 aromatic heterocycles. The summed E-state index contributed by atoms with van der Waals surface area (Å²) in [5.74, 6) is 0.484. The third-order valence-corrected chi connectivity index (χ3v) is 3.98. The molecule has 5 nitrogen and oxygen atoms in total. The summed E-state index contributed by atoms with van der Waals surface area (Å²) in [4.78, 5) is 15.8. The molecule has 7 heteroatoms. The number of nitrogens with one attached hydrogen (secondary N) is 1. The molecule has 2 aromatic rings. The van der Waals surface area contributed by atoms with Gasteiger partial charge in [-0.15, -0.1) is 0 Å². The lowest BCUT2D eigenvalue weighted by Gasteiger charge is -2.04. The molecule has 0 saturated heterocycles. The number of anilines is 1. The predicted molar refractivity (Wildman–Crippen MR) is 84.9 cm³/mol. The molecule has 1 N–H and O–H groups in total. The molecule has 0 aliphatic rings. The Hall–Kier alpha value is -0.960. The van der Waals surface area contributed by atoms with E-state index in [4.69, 9.17) is 0 Å². The first kappa shape index (κ1) is 14.4. The summed E-state index contributed by atoms with van der Waals surface area (Å²) in [6.07, 6.45) is 3.95. The number of carbonyl (C=O) groups is 1. The molecule has 0 spiro atoms. The second-order valence-electron chi connectivity index (χ2n) is 3.99. The van der Waals surface area contributed by atoms with Crippen LogP contribution < -0.4 is 5.32 Å². The van der Waals surface area contributed by atoms with Gasteiger partial charge in [-0.25, -0.2) is 4.98 Å². The molecule has 0 radical (unpaired) electrons. The molecule has 0 unspecified atom stereocenters. The lowest BCUT2D eigenvalue weighted by molar-refractivity contribution is -0.116. The Morgan fingerprint density at radius 1 is 1.53 bits per heavy atom. The molecule has 100 valence electrons. The number of nitrogens with zero attached hydrogens (tertiary/aromatic N) is 3. The lowest BCUT2D eigenvalue weighted by Crippen LogP contribution is -2.15. The van der Waals surface area contributed by atoms with Gasteiger partial charge in [-0.3, -0.25) is 9.48 Å². The van der Waals surface area contributed by atoms with Gasteiger partial charge in [0.1, 0.15) is 5.82 Å². The quantitative estimate of drug-likeness (QED) is 0.752. The summed E-state index contributed by atoms with van der Waals surface area (Å²) in [5.41, 5.74) is 0.982. The molecule has 0 aliphatic carbocycles. The van der Waals surface area contributed by atoms with Gasteiger partial charge in [0.05, 0.1) is 9.26 Å². The number of rotatable bonds is 4. The van der Waals surface area contributed by atoms with Crippen LogP contribution >= 0.6 is 38.5 Å². The van der Waals surface area contributed by atoms with Gasteiger partial charge in [0, 0.05) is 29.8 Å². The zero-order valence-corrected chi connectivity index (χ0v) is 14.0. The highest BCUT2D eigenvalue weighted by atomic mass is 127. The fourth-order valence-electron chi connectivity index (χ4n) is 1.48. The molecule has 2 heterocycles. The molecule has 0 atom stereocenters. The summed E-state index contributed by atoms with van der Waals surface area (Å²) >= 11 is 5.52. The van der Waals surface area contributed by atoms with Crippen molar-refractivity contribution >= 4 is 50.2 Å². The average Bonchev–Trinajstić information content (AvgIpc) is 2.69. The maximum atomic E-state index is 11.8. The van der Waals surface area contributed by atoms with Gasteiger partial charge in [-0.2, -0.15) is 5.10 Å². The van der Waals surface area contributed by atoms with Crippen LogP contribution in [-0.4, -0.2) is 20.7 Å². The molecule has 1 amide bonds. The molecule has 2 rings (SSSR count). The monoisotopic (exact) mass is 434 g/mol. The molecule has 0 bridgehead atoms. The average molecular weight is 435 g/mol. The highest BCUT2D eigenvalue weighted by molar-refractivity contribution is 14.1. The van der Waals surface area contributed by atoms with Crippen molar-refractivity contribution in [3.63, 3.8) is 0 Å². The van der Waals surface area contributed by atoms with Crippen molar-refractivity contribution in [1.29, 1.82) is 0 Å². The van der Waals surface area contributed by atoms with Crippen LogP contribution in [0.25, 0.3) is 0 Å². The number of hydrogen-bond donors (Lipinski definition) is 1. The predicted octanol–water partition coefficient (Wildman–Crippen LogP) is 2.98. The van der Waals surface area contributed by atoms with E-state index in [-0.39, 0.29) is 5.91 Å². The van der Waals surface area contributed by atoms with E-state index in [1.807, 2.05) is 19.2 Å². The van der Waals surface area contributed by atoms with E-state index in [2.05, 4.69) is 53.9 Å². The summed E-state index contributed by atoms with van der Waals surface area (Å²) in [7, 11) is 0. The van der Waals surface area contributed by atoms with Gasteiger partial charge in [-0.05, 0) is 57.6 Å². The number of hydrogen-bond acceptors (Lipinski definition) is 3. The van der Waals surface area contributed by atoms with Crippen LogP contribution in [0.3, 0.4) is 0 Å². The van der Waals surface area contributed by atoms with Gasteiger partial charge >= 0.3 is 0 Å². The summed E-state index contributed by atoms with van der Waals surface area (Å²) < 4.78 is 3.77. The van der Waals surface area contributed by atoms with Crippen LogP contribution in [0.1, 0.15) is 12.1 Å². The van der Waals surface area contributed by atoms with Crippen LogP contribution in [0.2, 0.25) is 0 Å². The minimum Gasteiger partial charge on any atom is -0.311 e. The number of aryl methyl sites for hydroxylation is 2. The third kappa shape index (κ3) is 4.27. The van der Waals surface area contributed by atoms with E-state index in [9.17, 15) is 4.79 Å². The van der Waals surface area contributed by atoms with Crippen molar-refractivity contribution in [3.05, 3.63) is 38.3 Å². The van der Waals surface area contributed by atoms with E-state index in [0.717, 1.165) is 13.7 Å². The number of amides is 1. The smallest absolute Gasteiger partial charge is 0.227 e. The van der Waals surface area contributed by atoms with Crippen molar-refractivity contribution in [2.24, 2.45) is 0 Å². The molecular weight excluding hydrogens is 423 g/mol. The zero-order valence-electron chi connectivity index (χ0n) is 10.2. The van der Waals surface area contributed by atoms with Crippen molar-refractivity contribution in [1.82, 2.24) is 14.8 Å². The van der Waals surface area contributed by atoms with E-state index in [1.54, 1.807) is 16.9 Å². The van der Waals surface area contributed by atoms with Gasteiger partial charge in [0.25, 0.3) is 0 Å². The summed E-state index contributed by atoms with van der Waals surface area (Å²) in [5, 5.41) is 7.06. The Labute approximate surface area is 133 Å². The Balaban J connectivity index is 1.86. The van der Waals surface area contributed by atoms with Crippen LogP contribution in [0.4, 0.5) is 5.82 Å². The Bertz CT molecular complexity index is 562. The molecule has 19 heavy (non-hydrogen) atoms. The fourth-order valence-corrected chi connectivity index (χ4v) is 2.14. The van der Waals surface area contributed by atoms with Crippen molar-refractivity contribution in [3.8, 4) is 0 Å². The van der Waals surface area contributed by atoms with E-state index in [0.29, 0.717) is 18.8 Å². The molecule has 0 saturated carbocycles. The second kappa shape index (κ2) is 6.47. The van der Waals surface area contributed by atoms with Crippen LogP contribution in [0, 0.1) is 10.5 Å². The Kier molecular flexibility index (Phi) is 4.92. The maximum absolute atomic E-state index is 11.8. The van der Waals surface area contributed by atoms with Gasteiger partial charge in [0.2, 0.25) is 5.91 Å². The SMILES string of the molecule is Cc1nn(CCC(=O)Nc2ccc(Br)cn2)cc1I. The largest absolute Gasteiger partial charge is 0.311 e. The highest BCUT2D eigenvalue weighted by Crippen LogP contribution is 2.11. The molecule has 0 aromatic carbocycles. The summed E-state index contributed by atoms with van der Waals surface area (Å²) in [6, 6.07) is 3.59. The van der Waals surface area contributed by atoms with Gasteiger partial charge in [0.15, 0.2) is 0 Å².